The van der Waals surface area contributed by atoms with Gasteiger partial charge in [0.25, 0.3) is 0 Å². The van der Waals surface area contributed by atoms with Gasteiger partial charge in [0.15, 0.2) is 0 Å². The Balaban J connectivity index is 2.42. The molecule has 2 rings (SSSR count). The highest BCUT2D eigenvalue weighted by Gasteiger charge is 2.25. The Kier molecular flexibility index (Phi) is 8.13. The molecule has 30 heavy (non-hydrogen) atoms. The second kappa shape index (κ2) is 10.2. The zero-order valence-electron chi connectivity index (χ0n) is 17.9. The number of methoxy groups -OCH3 is 1. The monoisotopic (exact) mass is 434 g/mol. The molecule has 0 spiro atoms. The van der Waals surface area contributed by atoms with Crippen LogP contribution in [0.2, 0.25) is 0 Å². The molecule has 0 saturated carbocycles. The van der Waals surface area contributed by atoms with Crippen molar-refractivity contribution in [3.05, 3.63) is 64.2 Å². The minimum absolute atomic E-state index is 0.203. The van der Waals surface area contributed by atoms with E-state index in [1.807, 2.05) is 26.0 Å². The van der Waals surface area contributed by atoms with Gasteiger partial charge >= 0.3 is 5.97 Å². The maximum Gasteiger partial charge on any atom is 0.308 e. The van der Waals surface area contributed by atoms with Crippen LogP contribution in [0.5, 0.6) is 0 Å². The Morgan fingerprint density at radius 2 is 1.87 bits per heavy atom. The summed E-state index contributed by atoms with van der Waals surface area (Å²) in [6.07, 6.45) is 0.0933. The molecule has 2 aromatic rings. The van der Waals surface area contributed by atoms with Crippen LogP contribution in [0.25, 0.3) is 17.2 Å². The first-order chi connectivity index (χ1) is 14.1. The van der Waals surface area contributed by atoms with E-state index in [0.29, 0.717) is 5.56 Å². The molecule has 0 aliphatic rings. The molecule has 0 fully saturated rings. The topological polar surface area (TPSA) is 72.8 Å². The van der Waals surface area contributed by atoms with Crippen molar-refractivity contribution in [2.75, 3.05) is 20.4 Å². The van der Waals surface area contributed by atoms with Gasteiger partial charge in [-0.3, -0.25) is 9.36 Å². The highest BCUT2D eigenvalue weighted by molar-refractivity contribution is 7.62. The molecule has 0 heterocycles. The lowest BCUT2D eigenvalue weighted by Crippen LogP contribution is -2.18. The number of carbonyl (C=O) groups is 1. The van der Waals surface area contributed by atoms with E-state index in [-0.39, 0.29) is 18.4 Å². The first-order valence-corrected chi connectivity index (χ1v) is 11.4. The number of rotatable bonds is 8. The fourth-order valence-electron chi connectivity index (χ4n) is 3.27. The normalized spacial score (nSPS) is 14.5. The Bertz CT molecular complexity index is 999. The number of benzene rings is 2. The maximum atomic E-state index is 13.7. The minimum Gasteiger partial charge on any atom is -0.469 e. The van der Waals surface area contributed by atoms with Crippen molar-refractivity contribution >= 4 is 19.4 Å². The third kappa shape index (κ3) is 6.11. The van der Waals surface area contributed by atoms with Crippen molar-refractivity contribution in [1.82, 2.24) is 0 Å². The van der Waals surface area contributed by atoms with Gasteiger partial charge in [-0.2, -0.15) is 0 Å². The Morgan fingerprint density at radius 3 is 2.47 bits per heavy atom. The SMILES string of the molecule is COC(=O)C[C@@H](O)CP(=O)(/C=C/c1c(C)cc(C)cc1-c1ccc(F)c(C)c1)OC. The number of hydrogen-bond acceptors (Lipinski definition) is 5. The van der Waals surface area contributed by atoms with E-state index in [1.54, 1.807) is 25.1 Å². The summed E-state index contributed by atoms with van der Waals surface area (Å²) in [6.45, 7) is 5.62. The molecule has 0 aliphatic heterocycles. The van der Waals surface area contributed by atoms with Crippen LogP contribution >= 0.6 is 7.37 Å². The van der Waals surface area contributed by atoms with Gasteiger partial charge in [0.05, 0.1) is 25.8 Å². The van der Waals surface area contributed by atoms with E-state index in [1.165, 1.54) is 26.1 Å². The molecule has 0 aromatic heterocycles. The highest BCUT2D eigenvalue weighted by Crippen LogP contribution is 2.49. The first-order valence-electron chi connectivity index (χ1n) is 9.55. The van der Waals surface area contributed by atoms with Gasteiger partial charge in [-0.25, -0.2) is 4.39 Å². The molecule has 5 nitrogen and oxygen atoms in total. The van der Waals surface area contributed by atoms with Crippen LogP contribution in [0.4, 0.5) is 4.39 Å². The average Bonchev–Trinajstić information content (AvgIpc) is 2.68. The summed E-state index contributed by atoms with van der Waals surface area (Å²) in [5.74, 6) is 0.589. The van der Waals surface area contributed by atoms with E-state index in [0.717, 1.165) is 27.8 Å². The molecule has 2 aromatic carbocycles. The first kappa shape index (κ1) is 24.0. The Hall–Kier alpha value is -2.27. The van der Waals surface area contributed by atoms with Gasteiger partial charge in [-0.1, -0.05) is 23.8 Å². The molecular formula is C23H28FO5P. The number of ether oxygens (including phenoxy) is 1. The molecule has 0 amide bonds. The summed E-state index contributed by atoms with van der Waals surface area (Å²) in [6, 6.07) is 8.91. The Labute approximate surface area is 177 Å². The van der Waals surface area contributed by atoms with Crippen LogP contribution in [0.1, 0.15) is 28.7 Å². The molecule has 0 bridgehead atoms. The zero-order valence-corrected chi connectivity index (χ0v) is 18.8. The van der Waals surface area contributed by atoms with E-state index in [2.05, 4.69) is 4.74 Å². The quantitative estimate of drug-likeness (QED) is 0.455. The van der Waals surface area contributed by atoms with Crippen LogP contribution in [0, 0.1) is 26.6 Å². The smallest absolute Gasteiger partial charge is 0.308 e. The van der Waals surface area contributed by atoms with Crippen molar-refractivity contribution in [3.8, 4) is 11.1 Å². The maximum absolute atomic E-state index is 13.7. The number of aliphatic hydroxyl groups excluding tert-OH is 1. The summed E-state index contributed by atoms with van der Waals surface area (Å²) in [5.41, 5.74) is 5.09. The van der Waals surface area contributed by atoms with Gasteiger partial charge in [-0.05, 0) is 66.8 Å². The lowest BCUT2D eigenvalue weighted by molar-refractivity contribution is -0.142. The molecule has 1 unspecified atom stereocenters. The minimum atomic E-state index is -3.35. The Morgan fingerprint density at radius 1 is 1.17 bits per heavy atom. The van der Waals surface area contributed by atoms with Crippen LogP contribution in [-0.2, 0) is 18.6 Å². The standard InChI is InChI=1S/C23H28FO5P/c1-15-10-16(2)20(21(11-15)18-6-7-22(24)17(3)12-18)8-9-30(27,29-5)14-19(25)13-23(26)28-4/h6-12,19,25H,13-14H2,1-5H3/b9-8+/t19-,30?/m1/s1. The molecule has 2 atom stereocenters. The van der Waals surface area contributed by atoms with E-state index in [4.69, 9.17) is 4.52 Å². The number of aryl methyl sites for hydroxylation is 3. The average molecular weight is 434 g/mol. The second-order valence-corrected chi connectivity index (χ2v) is 9.83. The summed E-state index contributed by atoms with van der Waals surface area (Å²) >= 11 is 0. The lowest BCUT2D eigenvalue weighted by Gasteiger charge is -2.17. The second-order valence-electron chi connectivity index (χ2n) is 7.35. The lowest BCUT2D eigenvalue weighted by atomic mass is 9.93. The van der Waals surface area contributed by atoms with Crippen LogP contribution in [0.15, 0.2) is 36.1 Å². The predicted molar refractivity (Wildman–Crippen MR) is 117 cm³/mol. The number of esters is 1. The highest BCUT2D eigenvalue weighted by atomic mass is 31.2. The molecule has 7 heteroatoms. The van der Waals surface area contributed by atoms with Crippen LogP contribution < -0.4 is 0 Å². The van der Waals surface area contributed by atoms with E-state index >= 15 is 0 Å². The fourth-order valence-corrected chi connectivity index (χ4v) is 4.75. The predicted octanol–water partition coefficient (Wildman–Crippen LogP) is 5.24. The van der Waals surface area contributed by atoms with E-state index < -0.39 is 19.4 Å². The number of halogens is 1. The number of hydrogen-bond donors (Lipinski definition) is 1. The fraction of sp³-hybridized carbons (Fsp3) is 0.348. The van der Waals surface area contributed by atoms with Gasteiger partial charge < -0.3 is 14.4 Å². The molecule has 0 saturated heterocycles. The molecule has 0 radical (unpaired) electrons. The van der Waals surface area contributed by atoms with Gasteiger partial charge in [-0.15, -0.1) is 0 Å². The van der Waals surface area contributed by atoms with Crippen LogP contribution in [-0.4, -0.2) is 37.6 Å². The summed E-state index contributed by atoms with van der Waals surface area (Å²) in [4.78, 5) is 11.3. The van der Waals surface area contributed by atoms with Crippen molar-refractivity contribution in [1.29, 1.82) is 0 Å². The van der Waals surface area contributed by atoms with Gasteiger partial charge in [0.1, 0.15) is 5.82 Å². The van der Waals surface area contributed by atoms with Gasteiger partial charge in [0, 0.05) is 12.9 Å². The number of aliphatic hydroxyl groups is 1. The van der Waals surface area contributed by atoms with Crippen molar-refractivity contribution < 1.29 is 28.1 Å². The van der Waals surface area contributed by atoms with Gasteiger partial charge in [0.2, 0.25) is 7.37 Å². The van der Waals surface area contributed by atoms with Crippen molar-refractivity contribution in [3.63, 3.8) is 0 Å². The molecule has 162 valence electrons. The third-order valence-electron chi connectivity index (χ3n) is 4.87. The van der Waals surface area contributed by atoms with E-state index in [9.17, 15) is 18.9 Å². The molecule has 1 N–H and O–H groups in total. The largest absolute Gasteiger partial charge is 0.469 e. The van der Waals surface area contributed by atoms with Crippen molar-refractivity contribution in [2.24, 2.45) is 0 Å². The summed E-state index contributed by atoms with van der Waals surface area (Å²) in [5, 5.41) is 10.1. The summed E-state index contributed by atoms with van der Waals surface area (Å²) in [7, 11) is -0.814. The third-order valence-corrected chi connectivity index (χ3v) is 7.02. The number of carbonyl (C=O) groups excluding carboxylic acids is 1. The summed E-state index contributed by atoms with van der Waals surface area (Å²) < 4.78 is 36.6. The van der Waals surface area contributed by atoms with Crippen molar-refractivity contribution in [2.45, 2.75) is 33.3 Å². The van der Waals surface area contributed by atoms with Crippen LogP contribution in [0.3, 0.4) is 0 Å². The molecular weight excluding hydrogens is 406 g/mol. The molecule has 0 aliphatic carbocycles. The zero-order chi connectivity index (χ0) is 22.5.